The number of para-hydroxylation sites is 2. The van der Waals surface area contributed by atoms with Gasteiger partial charge in [0.15, 0.2) is 0 Å². The van der Waals surface area contributed by atoms with Crippen LogP contribution in [-0.2, 0) is 29.6 Å². The summed E-state index contributed by atoms with van der Waals surface area (Å²) in [5.41, 5.74) is 12.5. The van der Waals surface area contributed by atoms with Gasteiger partial charge in [0.1, 0.15) is 11.5 Å². The predicted molar refractivity (Wildman–Crippen MR) is 81.7 cm³/mol. The van der Waals surface area contributed by atoms with Crippen LogP contribution in [0.3, 0.4) is 0 Å². The minimum Gasteiger partial charge on any atom is -0.508 e. The van der Waals surface area contributed by atoms with Crippen molar-refractivity contribution in [3.8, 4) is 11.5 Å². The summed E-state index contributed by atoms with van der Waals surface area (Å²) in [7, 11) is 0. The maximum atomic E-state index is 9.19. The Bertz CT molecular complexity index is 474. The molecule has 4 nitrogen and oxygen atoms in total. The van der Waals surface area contributed by atoms with E-state index in [0.29, 0.717) is 24.6 Å². The Balaban J connectivity index is 0.000000364. The molecule has 0 saturated carbocycles. The first-order valence-electron chi connectivity index (χ1n) is 6.63. The van der Waals surface area contributed by atoms with Gasteiger partial charge >= 0.3 is 0 Å². The van der Waals surface area contributed by atoms with Gasteiger partial charge in [-0.25, -0.2) is 0 Å². The zero-order valence-corrected chi connectivity index (χ0v) is 12.9. The largest absolute Gasteiger partial charge is 0.508 e. The van der Waals surface area contributed by atoms with E-state index in [-0.39, 0.29) is 16.8 Å². The number of hydrogen-bond acceptors (Lipinski definition) is 4. The summed E-state index contributed by atoms with van der Waals surface area (Å²) < 4.78 is 0. The quantitative estimate of drug-likeness (QED) is 0.686. The molecule has 0 aliphatic rings. The van der Waals surface area contributed by atoms with Crippen molar-refractivity contribution in [3.05, 3.63) is 59.7 Å². The van der Waals surface area contributed by atoms with Gasteiger partial charge < -0.3 is 21.7 Å². The average Bonchev–Trinajstić information content (AvgIpc) is 2.45. The van der Waals surface area contributed by atoms with E-state index in [2.05, 4.69) is 0 Å². The summed E-state index contributed by atoms with van der Waals surface area (Å²) in [6.45, 7) is 1.16. The molecule has 2 aromatic rings. The third kappa shape index (κ3) is 7.15. The molecule has 0 amide bonds. The number of phenols is 2. The first-order chi connectivity index (χ1) is 9.69. The van der Waals surface area contributed by atoms with Crippen LogP contribution in [0.15, 0.2) is 48.5 Å². The number of hydrogen-bond donors (Lipinski definition) is 4. The van der Waals surface area contributed by atoms with Crippen molar-refractivity contribution in [2.24, 2.45) is 11.5 Å². The molecule has 0 aliphatic carbocycles. The summed E-state index contributed by atoms with van der Waals surface area (Å²) in [6.07, 6.45) is 1.49. The molecule has 0 saturated heterocycles. The molecule has 1 radical (unpaired) electrons. The minimum atomic E-state index is 0. The predicted octanol–water partition coefficient (Wildman–Crippen LogP) is 1.78. The third-order valence-corrected chi connectivity index (χ3v) is 2.81. The van der Waals surface area contributed by atoms with Crippen molar-refractivity contribution in [3.63, 3.8) is 0 Å². The first-order valence-corrected chi connectivity index (χ1v) is 6.63. The van der Waals surface area contributed by atoms with Gasteiger partial charge in [0.05, 0.1) is 0 Å². The third-order valence-electron chi connectivity index (χ3n) is 2.81. The van der Waals surface area contributed by atoms with Crippen LogP contribution in [0, 0.1) is 0 Å². The van der Waals surface area contributed by atoms with Gasteiger partial charge in [-0.05, 0) is 49.2 Å². The molecule has 5 heteroatoms. The fraction of sp³-hybridized carbons (Fsp3) is 0.250. The van der Waals surface area contributed by atoms with Crippen LogP contribution < -0.4 is 11.5 Å². The van der Waals surface area contributed by atoms with Crippen molar-refractivity contribution in [1.29, 1.82) is 0 Å². The van der Waals surface area contributed by atoms with Crippen LogP contribution in [0.5, 0.6) is 11.5 Å². The van der Waals surface area contributed by atoms with Crippen LogP contribution in [0.4, 0.5) is 0 Å². The molecule has 0 heterocycles. The van der Waals surface area contributed by atoms with E-state index in [4.69, 9.17) is 11.5 Å². The van der Waals surface area contributed by atoms with E-state index >= 15 is 0 Å². The molecule has 0 bridgehead atoms. The van der Waals surface area contributed by atoms with E-state index in [1.165, 1.54) is 0 Å². The molecule has 2 rings (SSSR count). The van der Waals surface area contributed by atoms with Crippen molar-refractivity contribution in [1.82, 2.24) is 0 Å². The molecule has 0 spiro atoms. The molecule has 0 aromatic heterocycles. The van der Waals surface area contributed by atoms with Crippen molar-refractivity contribution in [2.75, 3.05) is 13.1 Å². The monoisotopic (exact) mass is 333 g/mol. The first kappa shape index (κ1) is 19.5. The number of benzene rings is 2. The summed E-state index contributed by atoms with van der Waals surface area (Å²) in [6, 6.07) is 14.5. The smallest absolute Gasteiger partial charge is 0.118 e. The van der Waals surface area contributed by atoms with Gasteiger partial charge in [0, 0.05) is 16.8 Å². The topological polar surface area (TPSA) is 92.5 Å². The van der Waals surface area contributed by atoms with Gasteiger partial charge in [-0.1, -0.05) is 36.4 Å². The maximum absolute atomic E-state index is 9.19. The van der Waals surface area contributed by atoms with E-state index in [1.54, 1.807) is 24.3 Å². The Morgan fingerprint density at radius 2 is 1.00 bits per heavy atom. The van der Waals surface area contributed by atoms with Gasteiger partial charge in [0.25, 0.3) is 0 Å². The summed E-state index contributed by atoms with van der Waals surface area (Å²) in [5.74, 6) is 0.681. The molecular formula is C16H22CoN2O2. The molecule has 0 atom stereocenters. The maximum Gasteiger partial charge on any atom is 0.118 e. The molecule has 0 aliphatic heterocycles. The zero-order chi connectivity index (χ0) is 14.8. The van der Waals surface area contributed by atoms with Gasteiger partial charge in [0.2, 0.25) is 0 Å². The molecule has 2 aromatic carbocycles. The normalized spacial score (nSPS) is 9.24. The van der Waals surface area contributed by atoms with Crippen LogP contribution >= 0.6 is 0 Å². The molecule has 6 N–H and O–H groups in total. The number of aromatic hydroxyl groups is 2. The molecule has 0 fully saturated rings. The van der Waals surface area contributed by atoms with Gasteiger partial charge in [-0.2, -0.15) is 0 Å². The fourth-order valence-electron chi connectivity index (χ4n) is 1.76. The molecule has 117 valence electrons. The van der Waals surface area contributed by atoms with Crippen molar-refractivity contribution < 1.29 is 27.0 Å². The molecule has 0 unspecified atom stereocenters. The Kier molecular flexibility index (Phi) is 10.3. The summed E-state index contributed by atoms with van der Waals surface area (Å²) >= 11 is 0. The molecular weight excluding hydrogens is 311 g/mol. The molecule has 21 heavy (non-hydrogen) atoms. The minimum absolute atomic E-state index is 0. The second kappa shape index (κ2) is 11.2. The van der Waals surface area contributed by atoms with E-state index in [0.717, 1.165) is 24.0 Å². The number of rotatable bonds is 4. The fourth-order valence-corrected chi connectivity index (χ4v) is 1.76. The number of nitrogens with two attached hydrogens (primary N) is 2. The van der Waals surface area contributed by atoms with Crippen molar-refractivity contribution >= 4 is 0 Å². The van der Waals surface area contributed by atoms with E-state index < -0.39 is 0 Å². The standard InChI is InChI=1S/2C8H11NO.Co/c2*9-6-5-7-3-1-2-4-8(7)10;/h2*1-4,10H,5-6,9H2;. The Morgan fingerprint density at radius 3 is 1.29 bits per heavy atom. The van der Waals surface area contributed by atoms with Gasteiger partial charge in [-0.15, -0.1) is 0 Å². The zero-order valence-electron chi connectivity index (χ0n) is 11.8. The van der Waals surface area contributed by atoms with Crippen LogP contribution in [0.1, 0.15) is 11.1 Å². The second-order valence-electron chi connectivity index (χ2n) is 4.33. The van der Waals surface area contributed by atoms with Crippen LogP contribution in [0.25, 0.3) is 0 Å². The van der Waals surface area contributed by atoms with E-state index in [9.17, 15) is 10.2 Å². The second-order valence-corrected chi connectivity index (χ2v) is 4.33. The average molecular weight is 333 g/mol. The number of phenolic OH excluding ortho intramolecular Hbond substituents is 2. The Labute approximate surface area is 136 Å². The van der Waals surface area contributed by atoms with Crippen LogP contribution in [-0.4, -0.2) is 23.3 Å². The SMILES string of the molecule is NCCc1ccccc1O.NCCc1ccccc1O.[Co]. The Hall–Kier alpha value is -1.53. The summed E-state index contributed by atoms with van der Waals surface area (Å²) in [5, 5.41) is 18.4. The van der Waals surface area contributed by atoms with E-state index in [1.807, 2.05) is 24.3 Å². The van der Waals surface area contributed by atoms with Crippen molar-refractivity contribution in [2.45, 2.75) is 12.8 Å². The Morgan fingerprint density at radius 1 is 0.667 bits per heavy atom. The van der Waals surface area contributed by atoms with Gasteiger partial charge in [-0.3, -0.25) is 0 Å². The summed E-state index contributed by atoms with van der Waals surface area (Å²) in [4.78, 5) is 0. The van der Waals surface area contributed by atoms with Crippen LogP contribution in [0.2, 0.25) is 0 Å².